The van der Waals surface area contributed by atoms with Crippen LogP contribution in [0.4, 0.5) is 5.82 Å². The molecule has 0 bridgehead atoms. The monoisotopic (exact) mass is 325 g/mol. The number of aromatic nitrogens is 2. The molecule has 8 nitrogen and oxygen atoms in total. The third-order valence-corrected chi connectivity index (χ3v) is 3.82. The third-order valence-electron chi connectivity index (χ3n) is 3.82. The SMILES string of the molecule is CCCC/C=C/c1cn([C@@H]2O[C@H](CO)[C@@H](O)[C@@H]2O)c(=O)nc1N. The Morgan fingerprint density at radius 1 is 1.43 bits per heavy atom. The van der Waals surface area contributed by atoms with Crippen molar-refractivity contribution in [1.82, 2.24) is 9.55 Å². The maximum absolute atomic E-state index is 12.0. The molecular formula is C15H23N3O5. The number of allylic oxidation sites excluding steroid dienone is 1. The van der Waals surface area contributed by atoms with Crippen molar-refractivity contribution in [1.29, 1.82) is 0 Å². The average molecular weight is 325 g/mol. The molecule has 0 radical (unpaired) electrons. The van der Waals surface area contributed by atoms with Gasteiger partial charge in [0.2, 0.25) is 0 Å². The second-order valence-corrected chi connectivity index (χ2v) is 5.54. The number of nitrogens with two attached hydrogens (primary N) is 1. The first-order valence-electron chi connectivity index (χ1n) is 7.67. The van der Waals surface area contributed by atoms with E-state index in [2.05, 4.69) is 11.9 Å². The van der Waals surface area contributed by atoms with Crippen LogP contribution in [-0.2, 0) is 4.74 Å². The topological polar surface area (TPSA) is 131 Å². The molecule has 23 heavy (non-hydrogen) atoms. The van der Waals surface area contributed by atoms with E-state index in [-0.39, 0.29) is 5.82 Å². The molecule has 2 rings (SSSR count). The van der Waals surface area contributed by atoms with Crippen LogP contribution in [-0.4, -0.2) is 49.8 Å². The Morgan fingerprint density at radius 3 is 2.78 bits per heavy atom. The molecule has 0 unspecified atom stereocenters. The first kappa shape index (κ1) is 17.6. The van der Waals surface area contributed by atoms with Gasteiger partial charge in [0.15, 0.2) is 6.23 Å². The summed E-state index contributed by atoms with van der Waals surface area (Å²) >= 11 is 0. The van der Waals surface area contributed by atoms with Gasteiger partial charge in [-0.2, -0.15) is 4.98 Å². The number of hydrogen-bond acceptors (Lipinski definition) is 7. The smallest absolute Gasteiger partial charge is 0.351 e. The van der Waals surface area contributed by atoms with E-state index in [9.17, 15) is 15.0 Å². The summed E-state index contributed by atoms with van der Waals surface area (Å²) in [6.45, 7) is 1.63. The fourth-order valence-electron chi connectivity index (χ4n) is 2.45. The molecule has 128 valence electrons. The second-order valence-electron chi connectivity index (χ2n) is 5.54. The maximum Gasteiger partial charge on any atom is 0.351 e. The Labute approximate surface area is 133 Å². The fourth-order valence-corrected chi connectivity index (χ4v) is 2.45. The van der Waals surface area contributed by atoms with E-state index in [1.165, 1.54) is 6.20 Å². The number of ether oxygens (including phenoxy) is 1. The maximum atomic E-state index is 12.0. The predicted octanol–water partition coefficient (Wildman–Crippen LogP) is -0.360. The van der Waals surface area contributed by atoms with Gasteiger partial charge in [0.25, 0.3) is 0 Å². The molecule has 2 heterocycles. The molecule has 1 aromatic heterocycles. The highest BCUT2D eigenvalue weighted by molar-refractivity contribution is 5.59. The number of hydrogen-bond donors (Lipinski definition) is 4. The molecule has 1 fully saturated rings. The van der Waals surface area contributed by atoms with Crippen molar-refractivity contribution < 1.29 is 20.1 Å². The number of rotatable bonds is 6. The number of nitrogen functional groups attached to an aromatic ring is 1. The molecule has 1 aliphatic rings. The summed E-state index contributed by atoms with van der Waals surface area (Å²) in [5.74, 6) is 0.0886. The van der Waals surface area contributed by atoms with Gasteiger partial charge in [0.1, 0.15) is 24.1 Å². The number of aliphatic hydroxyl groups is 3. The van der Waals surface area contributed by atoms with E-state index in [0.29, 0.717) is 5.56 Å². The van der Waals surface area contributed by atoms with Gasteiger partial charge in [0.05, 0.1) is 6.61 Å². The minimum atomic E-state index is -1.34. The molecule has 0 spiro atoms. The summed E-state index contributed by atoms with van der Waals surface area (Å²) in [5.41, 5.74) is 5.59. The fraction of sp³-hybridized carbons (Fsp3) is 0.600. The van der Waals surface area contributed by atoms with E-state index in [1.54, 1.807) is 6.08 Å². The zero-order chi connectivity index (χ0) is 17.0. The molecule has 0 aliphatic carbocycles. The van der Waals surface area contributed by atoms with Crippen molar-refractivity contribution in [3.8, 4) is 0 Å². The number of unbranched alkanes of at least 4 members (excludes halogenated alkanes) is 2. The van der Waals surface area contributed by atoms with Crippen molar-refractivity contribution in [2.75, 3.05) is 12.3 Å². The second kappa shape index (κ2) is 7.69. The van der Waals surface area contributed by atoms with Crippen LogP contribution >= 0.6 is 0 Å². The van der Waals surface area contributed by atoms with Gasteiger partial charge >= 0.3 is 5.69 Å². The van der Waals surface area contributed by atoms with Crippen LogP contribution in [0.5, 0.6) is 0 Å². The first-order valence-corrected chi connectivity index (χ1v) is 7.67. The van der Waals surface area contributed by atoms with Crippen molar-refractivity contribution >= 4 is 11.9 Å². The highest BCUT2D eigenvalue weighted by atomic mass is 16.6. The molecule has 1 aromatic rings. The Hall–Kier alpha value is -1.74. The lowest BCUT2D eigenvalue weighted by atomic mass is 10.1. The molecule has 1 saturated heterocycles. The normalized spacial score (nSPS) is 27.8. The minimum Gasteiger partial charge on any atom is -0.394 e. The van der Waals surface area contributed by atoms with Crippen molar-refractivity contribution in [2.24, 2.45) is 0 Å². The lowest BCUT2D eigenvalue weighted by Gasteiger charge is -2.18. The summed E-state index contributed by atoms with van der Waals surface area (Å²) < 4.78 is 6.43. The Kier molecular flexibility index (Phi) is 5.89. The summed E-state index contributed by atoms with van der Waals surface area (Å²) in [6.07, 6.45) is 3.42. The van der Waals surface area contributed by atoms with Gasteiger partial charge in [0, 0.05) is 11.8 Å². The summed E-state index contributed by atoms with van der Waals surface area (Å²) in [5, 5.41) is 28.9. The van der Waals surface area contributed by atoms with Crippen molar-refractivity contribution in [2.45, 2.75) is 50.7 Å². The largest absolute Gasteiger partial charge is 0.394 e. The van der Waals surface area contributed by atoms with Crippen LogP contribution in [0.3, 0.4) is 0 Å². The molecular weight excluding hydrogens is 302 g/mol. The van der Waals surface area contributed by atoms with Crippen LogP contribution in [0.1, 0.15) is 38.0 Å². The van der Waals surface area contributed by atoms with Gasteiger partial charge in [-0.15, -0.1) is 0 Å². The molecule has 0 saturated carbocycles. The molecule has 0 amide bonds. The number of anilines is 1. The average Bonchev–Trinajstić information content (AvgIpc) is 2.81. The van der Waals surface area contributed by atoms with Crippen LogP contribution in [0.25, 0.3) is 6.08 Å². The number of nitrogens with zero attached hydrogens (tertiary/aromatic N) is 2. The van der Waals surface area contributed by atoms with E-state index in [0.717, 1.165) is 23.8 Å². The van der Waals surface area contributed by atoms with Crippen molar-refractivity contribution in [3.63, 3.8) is 0 Å². The van der Waals surface area contributed by atoms with Crippen LogP contribution in [0, 0.1) is 0 Å². The number of aliphatic hydroxyl groups excluding tert-OH is 3. The summed E-state index contributed by atoms with van der Waals surface area (Å²) in [4.78, 5) is 15.7. The lowest BCUT2D eigenvalue weighted by Crippen LogP contribution is -2.36. The predicted molar refractivity (Wildman–Crippen MR) is 84.5 cm³/mol. The van der Waals surface area contributed by atoms with E-state index >= 15 is 0 Å². The van der Waals surface area contributed by atoms with Gasteiger partial charge in [-0.05, 0) is 6.42 Å². The quantitative estimate of drug-likeness (QED) is 0.525. The van der Waals surface area contributed by atoms with Crippen LogP contribution in [0.15, 0.2) is 17.1 Å². The Bertz CT molecular complexity index is 616. The first-order chi connectivity index (χ1) is 11.0. The molecule has 8 heteroatoms. The minimum absolute atomic E-state index is 0.0886. The zero-order valence-electron chi connectivity index (χ0n) is 13.0. The van der Waals surface area contributed by atoms with Gasteiger partial charge in [-0.3, -0.25) is 4.57 Å². The lowest BCUT2D eigenvalue weighted by molar-refractivity contribution is -0.0549. The van der Waals surface area contributed by atoms with Gasteiger partial charge < -0.3 is 25.8 Å². The molecule has 5 N–H and O–H groups in total. The molecule has 0 aromatic carbocycles. The standard InChI is InChI=1S/C15H23N3O5/c1-2-3-4-5-6-9-7-18(15(22)17-13(9)16)14-12(21)11(20)10(8-19)23-14/h5-7,10-12,14,19-21H,2-4,8H2,1H3,(H2,16,17,22)/b6-5+/t10-,11-,12+,14-/m1/s1. The highest BCUT2D eigenvalue weighted by Gasteiger charge is 2.43. The Balaban J connectivity index is 2.29. The van der Waals surface area contributed by atoms with Gasteiger partial charge in [-0.25, -0.2) is 4.79 Å². The van der Waals surface area contributed by atoms with Crippen LogP contribution in [0.2, 0.25) is 0 Å². The van der Waals surface area contributed by atoms with E-state index < -0.39 is 36.8 Å². The Morgan fingerprint density at radius 2 is 2.17 bits per heavy atom. The third kappa shape index (κ3) is 3.78. The highest BCUT2D eigenvalue weighted by Crippen LogP contribution is 2.28. The van der Waals surface area contributed by atoms with E-state index in [4.69, 9.17) is 15.6 Å². The zero-order valence-corrected chi connectivity index (χ0v) is 13.0. The van der Waals surface area contributed by atoms with Crippen molar-refractivity contribution in [3.05, 3.63) is 28.3 Å². The summed E-state index contributed by atoms with van der Waals surface area (Å²) in [7, 11) is 0. The summed E-state index contributed by atoms with van der Waals surface area (Å²) in [6, 6.07) is 0. The van der Waals surface area contributed by atoms with E-state index in [1.807, 2.05) is 6.08 Å². The molecule has 1 aliphatic heterocycles. The molecule has 4 atom stereocenters. The van der Waals surface area contributed by atoms with Gasteiger partial charge in [-0.1, -0.05) is 31.9 Å². The van der Waals surface area contributed by atoms with Crippen LogP contribution < -0.4 is 11.4 Å².